The summed E-state index contributed by atoms with van der Waals surface area (Å²) in [5.41, 5.74) is 2.00. The summed E-state index contributed by atoms with van der Waals surface area (Å²) in [6, 6.07) is 11.7. The lowest BCUT2D eigenvalue weighted by molar-refractivity contribution is -0.113. The van der Waals surface area contributed by atoms with E-state index in [-0.39, 0.29) is 18.3 Å². The molecule has 1 aromatic heterocycles. The van der Waals surface area contributed by atoms with E-state index in [1.165, 1.54) is 11.8 Å². The summed E-state index contributed by atoms with van der Waals surface area (Å²) < 4.78 is 0. The molecular formula is C16H20ClN3OS. The van der Waals surface area contributed by atoms with Gasteiger partial charge in [-0.3, -0.25) is 9.78 Å². The quantitative estimate of drug-likeness (QED) is 0.761. The van der Waals surface area contributed by atoms with E-state index < -0.39 is 0 Å². The van der Waals surface area contributed by atoms with Gasteiger partial charge >= 0.3 is 0 Å². The maximum atomic E-state index is 11.9. The number of benzene rings is 1. The predicted molar refractivity (Wildman–Crippen MR) is 94.7 cm³/mol. The Kier molecular flexibility index (Phi) is 8.58. The van der Waals surface area contributed by atoms with Gasteiger partial charge in [0.2, 0.25) is 5.91 Å². The van der Waals surface area contributed by atoms with Crippen LogP contribution in [0.15, 0.2) is 53.7 Å². The molecule has 0 fully saturated rings. The minimum absolute atomic E-state index is 0. The van der Waals surface area contributed by atoms with Crippen molar-refractivity contribution in [2.75, 3.05) is 17.6 Å². The number of amides is 1. The molecule has 0 spiro atoms. The van der Waals surface area contributed by atoms with Crippen LogP contribution in [0.25, 0.3) is 0 Å². The van der Waals surface area contributed by atoms with Crippen LogP contribution in [0.5, 0.6) is 0 Å². The Hall–Kier alpha value is -1.56. The second-order valence-corrected chi connectivity index (χ2v) is 5.55. The van der Waals surface area contributed by atoms with Gasteiger partial charge in [-0.25, -0.2) is 0 Å². The van der Waals surface area contributed by atoms with E-state index in [1.54, 1.807) is 12.4 Å². The molecule has 0 bridgehead atoms. The predicted octanol–water partition coefficient (Wildman–Crippen LogP) is 3.34. The van der Waals surface area contributed by atoms with Crippen LogP contribution in [0.3, 0.4) is 0 Å². The lowest BCUT2D eigenvalue weighted by Crippen LogP contribution is -2.15. The Morgan fingerprint density at radius 3 is 2.73 bits per heavy atom. The summed E-state index contributed by atoms with van der Waals surface area (Å²) >= 11 is 1.50. The fourth-order valence-electron chi connectivity index (χ4n) is 1.81. The molecule has 2 rings (SSSR count). The lowest BCUT2D eigenvalue weighted by atomic mass is 10.2. The highest BCUT2D eigenvalue weighted by Gasteiger charge is 2.04. The van der Waals surface area contributed by atoms with Crippen LogP contribution < -0.4 is 10.6 Å². The van der Waals surface area contributed by atoms with Crippen LogP contribution in [0.4, 0.5) is 5.69 Å². The summed E-state index contributed by atoms with van der Waals surface area (Å²) in [6.07, 6.45) is 3.45. The van der Waals surface area contributed by atoms with Crippen molar-refractivity contribution in [3.8, 4) is 0 Å². The van der Waals surface area contributed by atoms with Gasteiger partial charge in [-0.05, 0) is 36.4 Å². The zero-order valence-electron chi connectivity index (χ0n) is 12.4. The molecule has 22 heavy (non-hydrogen) atoms. The Balaban J connectivity index is 0.00000242. The first-order valence-electron chi connectivity index (χ1n) is 6.90. The third-order valence-electron chi connectivity index (χ3n) is 2.81. The first-order chi connectivity index (χ1) is 10.3. The molecule has 0 aliphatic carbocycles. The van der Waals surface area contributed by atoms with Gasteiger partial charge in [-0.15, -0.1) is 24.2 Å². The van der Waals surface area contributed by atoms with Gasteiger partial charge < -0.3 is 10.6 Å². The molecule has 0 radical (unpaired) electrons. The zero-order valence-corrected chi connectivity index (χ0v) is 14.0. The van der Waals surface area contributed by atoms with Crippen LogP contribution >= 0.6 is 24.2 Å². The topological polar surface area (TPSA) is 54.0 Å². The fourth-order valence-corrected chi connectivity index (χ4v) is 2.49. The second-order valence-electron chi connectivity index (χ2n) is 4.50. The van der Waals surface area contributed by atoms with Crippen molar-refractivity contribution in [3.63, 3.8) is 0 Å². The van der Waals surface area contributed by atoms with Gasteiger partial charge in [0.15, 0.2) is 0 Å². The Bertz CT molecular complexity index is 581. The smallest absolute Gasteiger partial charge is 0.234 e. The average molecular weight is 338 g/mol. The minimum Gasteiger partial charge on any atom is -0.325 e. The Morgan fingerprint density at radius 1 is 1.23 bits per heavy atom. The van der Waals surface area contributed by atoms with E-state index in [1.807, 2.05) is 36.4 Å². The number of aromatic nitrogens is 1. The number of carbonyl (C=O) groups excluding carboxylic acids is 1. The van der Waals surface area contributed by atoms with Crippen LogP contribution in [0, 0.1) is 0 Å². The fraction of sp³-hybridized carbons (Fsp3) is 0.250. The molecule has 0 aliphatic heterocycles. The summed E-state index contributed by atoms with van der Waals surface area (Å²) in [6.45, 7) is 3.81. The maximum absolute atomic E-state index is 11.9. The lowest BCUT2D eigenvalue weighted by Gasteiger charge is -2.08. The number of halogens is 1. The van der Waals surface area contributed by atoms with Crippen molar-refractivity contribution in [1.29, 1.82) is 0 Å². The van der Waals surface area contributed by atoms with Crippen LogP contribution in [-0.2, 0) is 11.3 Å². The standard InChI is InChI=1S/C16H19N3OS.ClH/c1-2-17-11-13-4-3-5-14(10-13)19-16(20)12-21-15-6-8-18-9-7-15;/h3-10,17H,2,11-12H2,1H3,(H,19,20);1H. The molecule has 4 nitrogen and oxygen atoms in total. The van der Waals surface area contributed by atoms with Crippen molar-refractivity contribution in [2.24, 2.45) is 0 Å². The van der Waals surface area contributed by atoms with Crippen molar-refractivity contribution in [2.45, 2.75) is 18.4 Å². The van der Waals surface area contributed by atoms with Crippen molar-refractivity contribution < 1.29 is 4.79 Å². The molecule has 0 aliphatic rings. The zero-order chi connectivity index (χ0) is 14.9. The molecule has 2 N–H and O–H groups in total. The van der Waals surface area contributed by atoms with Gasteiger partial charge in [0.05, 0.1) is 5.75 Å². The first-order valence-corrected chi connectivity index (χ1v) is 7.89. The number of nitrogens with one attached hydrogen (secondary N) is 2. The Labute approximate surface area is 141 Å². The van der Waals surface area contributed by atoms with Gasteiger partial charge in [-0.1, -0.05) is 19.1 Å². The number of pyridine rings is 1. The maximum Gasteiger partial charge on any atom is 0.234 e. The normalized spacial score (nSPS) is 9.86. The highest BCUT2D eigenvalue weighted by Crippen LogP contribution is 2.17. The van der Waals surface area contributed by atoms with E-state index in [2.05, 4.69) is 22.5 Å². The van der Waals surface area contributed by atoms with Crippen molar-refractivity contribution in [3.05, 3.63) is 54.4 Å². The van der Waals surface area contributed by atoms with Gasteiger partial charge in [-0.2, -0.15) is 0 Å². The van der Waals surface area contributed by atoms with E-state index in [9.17, 15) is 4.79 Å². The molecule has 118 valence electrons. The average Bonchev–Trinajstić information content (AvgIpc) is 2.52. The highest BCUT2D eigenvalue weighted by atomic mass is 35.5. The van der Waals surface area contributed by atoms with Crippen molar-refractivity contribution >= 4 is 35.8 Å². The van der Waals surface area contributed by atoms with Gasteiger partial charge in [0.1, 0.15) is 0 Å². The largest absolute Gasteiger partial charge is 0.325 e. The summed E-state index contributed by atoms with van der Waals surface area (Å²) in [5.74, 6) is 0.388. The van der Waals surface area contributed by atoms with Gasteiger partial charge in [0, 0.05) is 29.5 Å². The van der Waals surface area contributed by atoms with E-state index >= 15 is 0 Å². The number of rotatable bonds is 7. The summed E-state index contributed by atoms with van der Waals surface area (Å²) in [7, 11) is 0. The molecule has 0 saturated heterocycles. The number of nitrogens with zero attached hydrogens (tertiary/aromatic N) is 1. The van der Waals surface area contributed by atoms with E-state index in [4.69, 9.17) is 0 Å². The molecule has 1 amide bonds. The third kappa shape index (κ3) is 6.47. The molecule has 2 aromatic rings. The summed E-state index contributed by atoms with van der Waals surface area (Å²) in [4.78, 5) is 16.9. The molecule has 6 heteroatoms. The van der Waals surface area contributed by atoms with Crippen LogP contribution in [-0.4, -0.2) is 23.2 Å². The van der Waals surface area contributed by atoms with Crippen LogP contribution in [0.1, 0.15) is 12.5 Å². The van der Waals surface area contributed by atoms with Crippen molar-refractivity contribution in [1.82, 2.24) is 10.3 Å². The minimum atomic E-state index is -0.00240. The third-order valence-corrected chi connectivity index (χ3v) is 3.82. The molecule has 1 aromatic carbocycles. The number of carbonyl (C=O) groups is 1. The first kappa shape index (κ1) is 18.5. The van der Waals surface area contributed by atoms with E-state index in [0.717, 1.165) is 29.2 Å². The van der Waals surface area contributed by atoms with Gasteiger partial charge in [0.25, 0.3) is 0 Å². The molecule has 0 saturated carbocycles. The van der Waals surface area contributed by atoms with Crippen LogP contribution in [0.2, 0.25) is 0 Å². The molecular weight excluding hydrogens is 318 g/mol. The van der Waals surface area contributed by atoms with E-state index in [0.29, 0.717) is 5.75 Å². The monoisotopic (exact) mass is 337 g/mol. The molecule has 0 atom stereocenters. The Morgan fingerprint density at radius 2 is 2.00 bits per heavy atom. The number of thioether (sulfide) groups is 1. The SMILES string of the molecule is CCNCc1cccc(NC(=O)CSc2ccncc2)c1.Cl. The highest BCUT2D eigenvalue weighted by molar-refractivity contribution is 8.00. The molecule has 0 unspecified atom stereocenters. The number of anilines is 1. The number of hydrogen-bond acceptors (Lipinski definition) is 4. The second kappa shape index (κ2) is 10.2. The number of hydrogen-bond donors (Lipinski definition) is 2. The summed E-state index contributed by atoms with van der Waals surface area (Å²) in [5, 5.41) is 6.19. The molecule has 1 heterocycles.